The van der Waals surface area contributed by atoms with Crippen LogP contribution in [0.15, 0.2) is 12.8 Å². The Hall–Kier alpha value is -0.870. The number of hydrogen-bond donors (Lipinski definition) is 1. The Kier molecular flexibility index (Phi) is 7.83. The van der Waals surface area contributed by atoms with Gasteiger partial charge in [0.1, 0.15) is 12.4 Å². The molecule has 1 heterocycles. The molecule has 0 saturated carbocycles. The van der Waals surface area contributed by atoms with Gasteiger partial charge in [-0.15, -0.1) is 0 Å². The van der Waals surface area contributed by atoms with Crippen LogP contribution in [0.2, 0.25) is 0 Å². The van der Waals surface area contributed by atoms with Gasteiger partial charge in [-0.05, 0) is 12.5 Å². The van der Waals surface area contributed by atoms with Crippen LogP contribution >= 0.6 is 0 Å². The van der Waals surface area contributed by atoms with Crippen molar-refractivity contribution in [2.75, 3.05) is 20.3 Å². The molecule has 1 saturated heterocycles. The van der Waals surface area contributed by atoms with Gasteiger partial charge in [0.2, 0.25) is 0 Å². The minimum atomic E-state index is -0.0301. The Balaban J connectivity index is 0.000000302. The fraction of sp³-hybridized carbons (Fsp3) is 0.769. The van der Waals surface area contributed by atoms with Crippen LogP contribution in [0.4, 0.5) is 0 Å². The van der Waals surface area contributed by atoms with Gasteiger partial charge in [0, 0.05) is 6.42 Å². The molecule has 0 spiro atoms. The van der Waals surface area contributed by atoms with Crippen molar-refractivity contribution < 1.29 is 14.3 Å². The van der Waals surface area contributed by atoms with E-state index in [0.29, 0.717) is 0 Å². The lowest BCUT2D eigenvalue weighted by Crippen LogP contribution is -2.39. The standard InChI is InChI=1S/C7H15NO.C6H10O2/c1-7(2,3)6(5-9)8-4;1-2-8-6-3-4-7-5-6/h5-6,8H,1-4H3;2,6H,1,3-5H2. The molecule has 1 fully saturated rings. The Bertz CT molecular complexity index is 217. The van der Waals surface area contributed by atoms with Gasteiger partial charge >= 0.3 is 0 Å². The topological polar surface area (TPSA) is 47.6 Å². The molecule has 0 aromatic heterocycles. The first-order chi connectivity index (χ1) is 7.95. The maximum Gasteiger partial charge on any atom is 0.137 e. The number of carbonyl (C=O) groups excluding carboxylic acids is 1. The second kappa shape index (κ2) is 8.25. The second-order valence-electron chi connectivity index (χ2n) is 5.06. The van der Waals surface area contributed by atoms with E-state index < -0.39 is 0 Å². The summed E-state index contributed by atoms with van der Waals surface area (Å²) in [6.45, 7) is 11.1. The van der Waals surface area contributed by atoms with Crippen LogP contribution in [0.3, 0.4) is 0 Å². The summed E-state index contributed by atoms with van der Waals surface area (Å²) in [6, 6.07) is -0.0301. The van der Waals surface area contributed by atoms with Crippen LogP contribution in [0.5, 0.6) is 0 Å². The van der Waals surface area contributed by atoms with E-state index in [1.165, 1.54) is 6.26 Å². The van der Waals surface area contributed by atoms with E-state index in [1.807, 2.05) is 20.8 Å². The van der Waals surface area contributed by atoms with Crippen LogP contribution in [0, 0.1) is 5.41 Å². The Morgan fingerprint density at radius 1 is 1.53 bits per heavy atom. The average molecular weight is 243 g/mol. The monoisotopic (exact) mass is 243 g/mol. The van der Waals surface area contributed by atoms with Gasteiger partial charge < -0.3 is 19.6 Å². The molecule has 2 unspecified atom stereocenters. The number of carbonyl (C=O) groups is 1. The fourth-order valence-corrected chi connectivity index (χ4v) is 1.46. The van der Waals surface area contributed by atoms with Crippen LogP contribution < -0.4 is 5.32 Å². The maximum atomic E-state index is 10.3. The number of hydrogen-bond acceptors (Lipinski definition) is 4. The van der Waals surface area contributed by atoms with Crippen molar-refractivity contribution in [2.24, 2.45) is 5.41 Å². The van der Waals surface area contributed by atoms with Crippen molar-refractivity contribution in [2.45, 2.75) is 39.3 Å². The summed E-state index contributed by atoms with van der Waals surface area (Å²) in [7, 11) is 1.80. The highest BCUT2D eigenvalue weighted by Gasteiger charge is 2.21. The summed E-state index contributed by atoms with van der Waals surface area (Å²) in [5.41, 5.74) is 0.0382. The predicted molar refractivity (Wildman–Crippen MR) is 68.9 cm³/mol. The van der Waals surface area contributed by atoms with Gasteiger partial charge in [-0.2, -0.15) is 0 Å². The average Bonchev–Trinajstić information content (AvgIpc) is 2.72. The number of ether oxygens (including phenoxy) is 2. The third-order valence-corrected chi connectivity index (χ3v) is 2.56. The second-order valence-corrected chi connectivity index (χ2v) is 5.06. The third-order valence-electron chi connectivity index (χ3n) is 2.56. The zero-order valence-electron chi connectivity index (χ0n) is 11.4. The summed E-state index contributed by atoms with van der Waals surface area (Å²) >= 11 is 0. The molecule has 4 heteroatoms. The van der Waals surface area contributed by atoms with Gasteiger partial charge in [-0.25, -0.2) is 0 Å². The summed E-state index contributed by atoms with van der Waals surface area (Å²) in [5, 5.41) is 2.92. The molecule has 17 heavy (non-hydrogen) atoms. The van der Waals surface area contributed by atoms with Crippen molar-refractivity contribution in [1.29, 1.82) is 0 Å². The normalized spacial score (nSPS) is 21.1. The van der Waals surface area contributed by atoms with Crippen molar-refractivity contribution in [3.63, 3.8) is 0 Å². The minimum absolute atomic E-state index is 0.0301. The zero-order chi connectivity index (χ0) is 13.3. The van der Waals surface area contributed by atoms with E-state index in [4.69, 9.17) is 9.47 Å². The summed E-state index contributed by atoms with van der Waals surface area (Å²) in [5.74, 6) is 0. The Morgan fingerprint density at radius 2 is 2.18 bits per heavy atom. The summed E-state index contributed by atoms with van der Waals surface area (Å²) in [6.07, 6.45) is 3.69. The highest BCUT2D eigenvalue weighted by molar-refractivity contribution is 5.58. The van der Waals surface area contributed by atoms with Crippen LogP contribution in [-0.2, 0) is 14.3 Å². The van der Waals surface area contributed by atoms with Gasteiger partial charge in [0.05, 0.1) is 25.5 Å². The lowest BCUT2D eigenvalue weighted by molar-refractivity contribution is -0.111. The van der Waals surface area contributed by atoms with Crippen LogP contribution in [0.25, 0.3) is 0 Å². The van der Waals surface area contributed by atoms with Gasteiger partial charge in [-0.3, -0.25) is 0 Å². The molecule has 0 radical (unpaired) electrons. The van der Waals surface area contributed by atoms with Crippen molar-refractivity contribution in [3.05, 3.63) is 12.8 Å². The number of likely N-dealkylation sites (N-methyl/N-ethyl adjacent to an activating group) is 1. The van der Waals surface area contributed by atoms with Crippen molar-refractivity contribution in [1.82, 2.24) is 5.32 Å². The summed E-state index contributed by atoms with van der Waals surface area (Å²) < 4.78 is 10.1. The van der Waals surface area contributed by atoms with Crippen LogP contribution in [-0.4, -0.2) is 38.7 Å². The molecule has 4 nitrogen and oxygen atoms in total. The molecule has 0 amide bonds. The first-order valence-corrected chi connectivity index (χ1v) is 5.92. The van der Waals surface area contributed by atoms with Crippen molar-refractivity contribution >= 4 is 6.29 Å². The molecule has 2 atom stereocenters. The van der Waals surface area contributed by atoms with E-state index in [0.717, 1.165) is 25.9 Å². The lowest BCUT2D eigenvalue weighted by Gasteiger charge is -2.24. The Morgan fingerprint density at radius 3 is 2.41 bits per heavy atom. The van der Waals surface area contributed by atoms with E-state index in [2.05, 4.69) is 11.9 Å². The molecule has 1 rings (SSSR count). The summed E-state index contributed by atoms with van der Waals surface area (Å²) in [4.78, 5) is 10.3. The molecule has 1 aliphatic heterocycles. The molecule has 100 valence electrons. The largest absolute Gasteiger partial charge is 0.496 e. The number of aldehydes is 1. The van der Waals surface area contributed by atoms with Gasteiger partial charge in [-0.1, -0.05) is 27.4 Å². The fourth-order valence-electron chi connectivity index (χ4n) is 1.46. The Labute approximate surface area is 104 Å². The van der Waals surface area contributed by atoms with E-state index in [9.17, 15) is 4.79 Å². The van der Waals surface area contributed by atoms with E-state index in [-0.39, 0.29) is 17.6 Å². The van der Waals surface area contributed by atoms with Gasteiger partial charge in [0.15, 0.2) is 0 Å². The van der Waals surface area contributed by atoms with E-state index >= 15 is 0 Å². The molecule has 0 aromatic carbocycles. The maximum absolute atomic E-state index is 10.3. The van der Waals surface area contributed by atoms with Crippen molar-refractivity contribution in [3.8, 4) is 0 Å². The van der Waals surface area contributed by atoms with Crippen LogP contribution in [0.1, 0.15) is 27.2 Å². The molecule has 0 bridgehead atoms. The quantitative estimate of drug-likeness (QED) is 0.603. The highest BCUT2D eigenvalue weighted by atomic mass is 16.5. The number of nitrogens with one attached hydrogen (secondary N) is 1. The lowest BCUT2D eigenvalue weighted by atomic mass is 9.88. The first kappa shape index (κ1) is 16.1. The minimum Gasteiger partial charge on any atom is -0.496 e. The first-order valence-electron chi connectivity index (χ1n) is 5.92. The molecule has 0 aliphatic carbocycles. The highest BCUT2D eigenvalue weighted by Crippen LogP contribution is 2.16. The smallest absolute Gasteiger partial charge is 0.137 e. The third kappa shape index (κ3) is 7.13. The molecule has 1 aliphatic rings. The zero-order valence-corrected chi connectivity index (χ0v) is 11.4. The predicted octanol–water partition coefficient (Wildman–Crippen LogP) is 1.75. The SMILES string of the molecule is C=COC1CCOC1.CNC(C=O)C(C)(C)C. The van der Waals surface area contributed by atoms with Gasteiger partial charge in [0.25, 0.3) is 0 Å². The molecule has 0 aromatic rings. The van der Waals surface area contributed by atoms with E-state index in [1.54, 1.807) is 7.05 Å². The number of rotatable bonds is 4. The molecule has 1 N–H and O–H groups in total. The molecular formula is C13H25NO3. The molecular weight excluding hydrogens is 218 g/mol.